The highest BCUT2D eigenvalue weighted by Gasteiger charge is 2.40. The molecule has 0 aliphatic carbocycles. The number of nitrogens with zero attached hydrogens (tertiary/aromatic N) is 1. The van der Waals surface area contributed by atoms with Crippen molar-refractivity contribution in [3.05, 3.63) is 69.9 Å². The third-order valence-corrected chi connectivity index (χ3v) is 7.56. The van der Waals surface area contributed by atoms with Crippen LogP contribution in [0, 0.1) is 0 Å². The van der Waals surface area contributed by atoms with Gasteiger partial charge in [-0.15, -0.1) is 34.0 Å². The summed E-state index contributed by atoms with van der Waals surface area (Å²) in [7, 11) is 1.24. The van der Waals surface area contributed by atoms with E-state index in [4.69, 9.17) is 15.2 Å². The first kappa shape index (κ1) is 21.3. The molecule has 0 saturated heterocycles. The summed E-state index contributed by atoms with van der Waals surface area (Å²) in [6.07, 6.45) is 1.75. The fourth-order valence-electron chi connectivity index (χ4n) is 3.41. The van der Waals surface area contributed by atoms with Crippen molar-refractivity contribution in [3.63, 3.8) is 0 Å². The normalized spacial score (nSPS) is 16.4. The van der Waals surface area contributed by atoms with E-state index in [1.54, 1.807) is 13.0 Å². The third kappa shape index (κ3) is 3.67. The molecule has 4 heterocycles. The minimum atomic E-state index is -0.792. The highest BCUT2D eigenvalue weighted by molar-refractivity contribution is 7.11. The Morgan fingerprint density at radius 3 is 2.52 bits per heavy atom. The number of hydrogen-bond donors (Lipinski definition) is 1. The van der Waals surface area contributed by atoms with Gasteiger partial charge in [0.25, 0.3) is 5.56 Å². The molecule has 3 aromatic rings. The summed E-state index contributed by atoms with van der Waals surface area (Å²) in [6.45, 7) is 1.85. The number of aromatic nitrogens is 1. The van der Waals surface area contributed by atoms with Gasteiger partial charge in [-0.3, -0.25) is 9.36 Å². The molecule has 3 aromatic heterocycles. The lowest BCUT2D eigenvalue weighted by atomic mass is 9.88. The molecule has 1 atom stereocenters. The molecule has 7 nitrogen and oxygen atoms in total. The number of thiazole rings is 1. The Morgan fingerprint density at radius 1 is 1.16 bits per heavy atom. The Kier molecular flexibility index (Phi) is 5.94. The second-order valence-corrected chi connectivity index (χ2v) is 9.43. The van der Waals surface area contributed by atoms with Crippen LogP contribution >= 0.6 is 34.0 Å². The molecule has 160 valence electrons. The fourth-order valence-corrected chi connectivity index (χ4v) is 6.14. The van der Waals surface area contributed by atoms with Crippen LogP contribution in [-0.4, -0.2) is 30.2 Å². The quantitative estimate of drug-likeness (QED) is 0.565. The molecule has 0 fully saturated rings. The standard InChI is InChI=1S/C21H18N2O5S3/c1-3-28-21(26)16-14(12-7-5-9-30-12)15(20(25)27-2)17(22)23-18(24)13(31-19(16)23)10-11-6-4-8-29-11/h4-10,14H,3,22H2,1-2H3/b13-10-/t14-/m0/s1. The summed E-state index contributed by atoms with van der Waals surface area (Å²) in [6, 6.07) is 7.40. The molecular weight excluding hydrogens is 456 g/mol. The van der Waals surface area contributed by atoms with Crippen LogP contribution in [0.25, 0.3) is 17.5 Å². The summed E-state index contributed by atoms with van der Waals surface area (Å²) < 4.78 is 12.3. The Hall–Kier alpha value is -2.95. The van der Waals surface area contributed by atoms with Gasteiger partial charge < -0.3 is 15.2 Å². The van der Waals surface area contributed by atoms with Crippen LogP contribution in [-0.2, 0) is 19.1 Å². The van der Waals surface area contributed by atoms with Gasteiger partial charge in [0.05, 0.1) is 35.3 Å². The van der Waals surface area contributed by atoms with Crippen LogP contribution in [0.15, 0.2) is 45.4 Å². The first-order chi connectivity index (χ1) is 15.0. The minimum Gasteiger partial charge on any atom is -0.466 e. The van der Waals surface area contributed by atoms with Crippen molar-refractivity contribution in [2.75, 3.05) is 13.7 Å². The van der Waals surface area contributed by atoms with Crippen molar-refractivity contribution in [1.29, 1.82) is 0 Å². The Balaban J connectivity index is 2.13. The van der Waals surface area contributed by atoms with Gasteiger partial charge in [0, 0.05) is 9.75 Å². The first-order valence-corrected chi connectivity index (χ1v) is 11.9. The number of carbonyl (C=O) groups excluding carboxylic acids is 2. The minimum absolute atomic E-state index is 0.0413. The van der Waals surface area contributed by atoms with Gasteiger partial charge in [-0.2, -0.15) is 0 Å². The molecule has 4 rings (SSSR count). The SMILES string of the molecule is CCOC(=O)C1=c2s/c(=C\c3cccs3)c(=O)n2C(N)=C(C(=O)OC)[C@@H]1c1cccs1. The topological polar surface area (TPSA) is 101 Å². The molecule has 0 bridgehead atoms. The Morgan fingerprint density at radius 2 is 1.90 bits per heavy atom. The van der Waals surface area contributed by atoms with E-state index >= 15 is 0 Å². The van der Waals surface area contributed by atoms with E-state index in [-0.39, 0.29) is 23.6 Å². The summed E-state index contributed by atoms with van der Waals surface area (Å²) >= 11 is 4.01. The number of nitrogens with two attached hydrogens (primary N) is 1. The fraction of sp³-hybridized carbons (Fsp3) is 0.190. The maximum Gasteiger partial charge on any atom is 0.338 e. The molecular formula is C21H18N2O5S3. The Bertz CT molecular complexity index is 1340. The van der Waals surface area contributed by atoms with Gasteiger partial charge in [0.15, 0.2) is 0 Å². The largest absolute Gasteiger partial charge is 0.466 e. The summed E-state index contributed by atoms with van der Waals surface area (Å²) in [4.78, 5) is 40.7. The molecule has 0 saturated carbocycles. The summed E-state index contributed by atoms with van der Waals surface area (Å²) in [5.41, 5.74) is 6.21. The molecule has 0 spiro atoms. The summed E-state index contributed by atoms with van der Waals surface area (Å²) in [5, 5.41) is 3.75. The molecule has 1 aliphatic rings. The van der Waals surface area contributed by atoms with Crippen molar-refractivity contribution in [1.82, 2.24) is 4.57 Å². The molecule has 1 aliphatic heterocycles. The van der Waals surface area contributed by atoms with E-state index in [0.29, 0.717) is 9.20 Å². The van der Waals surface area contributed by atoms with Crippen molar-refractivity contribution >= 4 is 63.4 Å². The second-order valence-electron chi connectivity index (χ2n) is 6.44. The van der Waals surface area contributed by atoms with Gasteiger partial charge in [0.1, 0.15) is 10.5 Å². The highest BCUT2D eigenvalue weighted by Crippen LogP contribution is 2.39. The molecule has 0 radical (unpaired) electrons. The van der Waals surface area contributed by atoms with Gasteiger partial charge >= 0.3 is 11.9 Å². The molecule has 0 aromatic carbocycles. The van der Waals surface area contributed by atoms with Crippen LogP contribution in [0.4, 0.5) is 0 Å². The number of esters is 2. The van der Waals surface area contributed by atoms with Gasteiger partial charge in [-0.25, -0.2) is 9.59 Å². The monoisotopic (exact) mass is 474 g/mol. The number of fused-ring (bicyclic) bond motifs is 1. The molecule has 2 N–H and O–H groups in total. The zero-order valence-electron chi connectivity index (χ0n) is 16.6. The average Bonchev–Trinajstić information content (AvgIpc) is 3.50. The van der Waals surface area contributed by atoms with Crippen molar-refractivity contribution in [2.24, 2.45) is 5.73 Å². The molecule has 0 unspecified atom stereocenters. The van der Waals surface area contributed by atoms with Crippen molar-refractivity contribution < 1.29 is 19.1 Å². The first-order valence-electron chi connectivity index (χ1n) is 9.28. The van der Waals surface area contributed by atoms with Crippen LogP contribution < -0.4 is 20.5 Å². The smallest absolute Gasteiger partial charge is 0.338 e. The van der Waals surface area contributed by atoms with Crippen LogP contribution in [0.1, 0.15) is 22.6 Å². The number of hydrogen-bond acceptors (Lipinski definition) is 9. The second kappa shape index (κ2) is 8.66. The van der Waals surface area contributed by atoms with E-state index in [9.17, 15) is 14.4 Å². The highest BCUT2D eigenvalue weighted by atomic mass is 32.1. The van der Waals surface area contributed by atoms with Crippen molar-refractivity contribution in [2.45, 2.75) is 12.8 Å². The maximum atomic E-state index is 13.2. The van der Waals surface area contributed by atoms with Crippen molar-refractivity contribution in [3.8, 4) is 0 Å². The van der Waals surface area contributed by atoms with E-state index in [2.05, 4.69) is 0 Å². The van der Waals surface area contributed by atoms with E-state index in [1.165, 1.54) is 34.4 Å². The van der Waals surface area contributed by atoms with Gasteiger partial charge in [0.2, 0.25) is 0 Å². The third-order valence-electron chi connectivity index (χ3n) is 4.69. The van der Waals surface area contributed by atoms with Crippen LogP contribution in [0.2, 0.25) is 0 Å². The lowest BCUT2D eigenvalue weighted by Crippen LogP contribution is -2.41. The molecule has 10 heteroatoms. The van der Waals surface area contributed by atoms with Gasteiger partial charge in [-0.05, 0) is 35.9 Å². The Labute approximate surface area is 189 Å². The van der Waals surface area contributed by atoms with E-state index < -0.39 is 23.4 Å². The maximum absolute atomic E-state index is 13.2. The lowest BCUT2D eigenvalue weighted by molar-refractivity contribution is -0.136. The number of carbonyl (C=O) groups is 2. The number of rotatable bonds is 5. The zero-order chi connectivity index (χ0) is 22.1. The molecule has 0 amide bonds. The summed E-state index contributed by atoms with van der Waals surface area (Å²) in [5.74, 6) is -2.14. The van der Waals surface area contributed by atoms with E-state index in [0.717, 1.165) is 21.1 Å². The van der Waals surface area contributed by atoms with E-state index in [1.807, 2.05) is 35.0 Å². The average molecular weight is 475 g/mol. The number of thiophene rings is 2. The number of methoxy groups -OCH3 is 1. The van der Waals surface area contributed by atoms with Crippen LogP contribution in [0.3, 0.4) is 0 Å². The lowest BCUT2D eigenvalue weighted by Gasteiger charge is -2.25. The number of ether oxygens (including phenoxy) is 2. The molecule has 31 heavy (non-hydrogen) atoms. The van der Waals surface area contributed by atoms with Crippen LogP contribution in [0.5, 0.6) is 0 Å². The predicted octanol–water partition coefficient (Wildman–Crippen LogP) is 1.67. The zero-order valence-corrected chi connectivity index (χ0v) is 19.1. The predicted molar refractivity (Wildman–Crippen MR) is 122 cm³/mol. The van der Waals surface area contributed by atoms with Gasteiger partial charge in [-0.1, -0.05) is 12.1 Å².